The van der Waals surface area contributed by atoms with Gasteiger partial charge in [0.05, 0.1) is 6.61 Å². The van der Waals surface area contributed by atoms with E-state index in [0.717, 1.165) is 19.4 Å². The van der Waals surface area contributed by atoms with E-state index in [1.807, 2.05) is 0 Å². The van der Waals surface area contributed by atoms with Gasteiger partial charge in [0.15, 0.2) is 6.35 Å². The van der Waals surface area contributed by atoms with Gasteiger partial charge in [-0.05, 0) is 42.8 Å². The zero-order chi connectivity index (χ0) is 16.7. The first-order valence-corrected chi connectivity index (χ1v) is 10.5. The van der Waals surface area contributed by atoms with E-state index >= 15 is 0 Å². The minimum absolute atomic E-state index is 0.749. The zero-order valence-electron chi connectivity index (χ0n) is 14.1. The second-order valence-electron chi connectivity index (χ2n) is 5.85. The Hall–Kier alpha value is -1.95. The summed E-state index contributed by atoms with van der Waals surface area (Å²) in [5, 5.41) is 4.12. The molecule has 24 heavy (non-hydrogen) atoms. The molecule has 0 aliphatic rings. The van der Waals surface area contributed by atoms with E-state index in [9.17, 15) is 0 Å². The van der Waals surface area contributed by atoms with E-state index in [1.54, 1.807) is 0 Å². The van der Waals surface area contributed by atoms with Crippen LogP contribution in [0.1, 0.15) is 13.3 Å². The molecule has 0 saturated heterocycles. The Labute approximate surface area is 145 Å². The minimum atomic E-state index is -1.81. The first-order chi connectivity index (χ1) is 11.9. The molecule has 0 atom stereocenters. The quantitative estimate of drug-likeness (QED) is 0.460. The van der Waals surface area contributed by atoms with Crippen LogP contribution in [0.3, 0.4) is 0 Å². The Bertz CT molecular complexity index is 629. The lowest BCUT2D eigenvalue weighted by Crippen LogP contribution is -2.34. The topological polar surface area (TPSA) is 9.23 Å². The number of ether oxygens (including phenoxy) is 1. The molecule has 3 rings (SSSR count). The van der Waals surface area contributed by atoms with Crippen molar-refractivity contribution < 1.29 is 4.74 Å². The molecule has 0 heterocycles. The van der Waals surface area contributed by atoms with Crippen molar-refractivity contribution in [3.63, 3.8) is 0 Å². The van der Waals surface area contributed by atoms with Gasteiger partial charge in [-0.25, -0.2) is 0 Å². The van der Waals surface area contributed by atoms with Crippen molar-refractivity contribution in [2.24, 2.45) is 0 Å². The third-order valence-corrected chi connectivity index (χ3v) is 8.33. The minimum Gasteiger partial charge on any atom is -0.345 e. The largest absolute Gasteiger partial charge is 0.345 e. The predicted molar refractivity (Wildman–Crippen MR) is 106 cm³/mol. The third-order valence-electron chi connectivity index (χ3n) is 4.22. The van der Waals surface area contributed by atoms with Gasteiger partial charge in [-0.15, -0.1) is 0 Å². The van der Waals surface area contributed by atoms with Crippen LogP contribution in [-0.4, -0.2) is 13.0 Å². The maximum atomic E-state index is 6.16. The Morgan fingerprint density at radius 1 is 0.625 bits per heavy atom. The lowest BCUT2D eigenvalue weighted by molar-refractivity contribution is 0.180. The van der Waals surface area contributed by atoms with Crippen LogP contribution in [0.2, 0.25) is 0 Å². The smallest absolute Gasteiger partial charge is 0.171 e. The highest BCUT2D eigenvalue weighted by Crippen LogP contribution is 2.55. The Balaban J connectivity index is 2.20. The normalized spacial score (nSPS) is 11.4. The molecule has 0 unspecified atom stereocenters. The number of hydrogen-bond acceptors (Lipinski definition) is 1. The van der Waals surface area contributed by atoms with Crippen LogP contribution in [0, 0.1) is 0 Å². The second kappa shape index (κ2) is 8.24. The molecule has 0 aromatic heterocycles. The molecule has 0 N–H and O–H groups in total. The van der Waals surface area contributed by atoms with Gasteiger partial charge in [-0.1, -0.05) is 61.5 Å². The van der Waals surface area contributed by atoms with Crippen molar-refractivity contribution in [3.8, 4) is 0 Å². The third kappa shape index (κ3) is 3.43. The molecule has 3 aromatic carbocycles. The molecule has 0 spiro atoms. The highest BCUT2D eigenvalue weighted by Gasteiger charge is 2.45. The fourth-order valence-electron chi connectivity index (χ4n) is 3.06. The maximum Gasteiger partial charge on any atom is 0.171 e. The van der Waals surface area contributed by atoms with Crippen molar-refractivity contribution in [1.82, 2.24) is 0 Å². The first kappa shape index (κ1) is 16.9. The van der Waals surface area contributed by atoms with Gasteiger partial charge in [-0.2, -0.15) is 0 Å². The summed E-state index contributed by atoms with van der Waals surface area (Å²) in [6, 6.07) is 32.6. The summed E-state index contributed by atoms with van der Waals surface area (Å²) in [7, 11) is -1.81. The van der Waals surface area contributed by atoms with Crippen LogP contribution in [-0.2, 0) is 4.74 Å². The Morgan fingerprint density at radius 3 is 1.33 bits per heavy atom. The molecule has 0 aliphatic heterocycles. The Kier molecular flexibility index (Phi) is 5.80. The van der Waals surface area contributed by atoms with Crippen molar-refractivity contribution >= 4 is 23.2 Å². The van der Waals surface area contributed by atoms with Gasteiger partial charge in [0.2, 0.25) is 0 Å². The molecule has 0 bridgehead atoms. The number of hydrogen-bond donors (Lipinski definition) is 0. The van der Waals surface area contributed by atoms with Crippen LogP contribution >= 0.6 is 7.26 Å². The summed E-state index contributed by atoms with van der Waals surface area (Å²) >= 11 is 0. The fourth-order valence-corrected chi connectivity index (χ4v) is 6.85. The molecule has 0 fully saturated rings. The summed E-state index contributed by atoms with van der Waals surface area (Å²) in [5.74, 6) is 0. The van der Waals surface area contributed by atoms with E-state index in [1.165, 1.54) is 15.9 Å². The fraction of sp³-hybridized carbons (Fsp3) is 0.182. The van der Waals surface area contributed by atoms with Gasteiger partial charge in [0.1, 0.15) is 23.2 Å². The van der Waals surface area contributed by atoms with Crippen molar-refractivity contribution in [3.05, 3.63) is 91.0 Å². The number of benzene rings is 3. The molecule has 0 saturated carbocycles. The molecule has 0 aliphatic carbocycles. The van der Waals surface area contributed by atoms with E-state index < -0.39 is 7.26 Å². The molecule has 0 amide bonds. The van der Waals surface area contributed by atoms with Crippen molar-refractivity contribution in [2.45, 2.75) is 13.3 Å². The zero-order valence-corrected chi connectivity index (χ0v) is 15.0. The molecule has 1 nitrogen and oxygen atoms in total. The SMILES string of the molecule is CCCOC[P+](c1ccccc1)(c1ccccc1)c1ccccc1. The van der Waals surface area contributed by atoms with Gasteiger partial charge in [0, 0.05) is 0 Å². The molecular weight excluding hydrogens is 311 g/mol. The van der Waals surface area contributed by atoms with E-state index in [2.05, 4.69) is 97.9 Å². The standard InChI is InChI=1S/C22H24OP/c1-2-18-23-19-24(20-12-6-3-7-13-20,21-14-8-4-9-15-21)22-16-10-5-11-17-22/h3-17H,2,18-19H2,1H3/q+1. The van der Waals surface area contributed by atoms with Gasteiger partial charge in [0.25, 0.3) is 0 Å². The lowest BCUT2D eigenvalue weighted by atomic mass is 10.4. The average molecular weight is 335 g/mol. The summed E-state index contributed by atoms with van der Waals surface area (Å²) < 4.78 is 6.16. The molecule has 3 aromatic rings. The van der Waals surface area contributed by atoms with Crippen LogP contribution in [0.15, 0.2) is 91.0 Å². The van der Waals surface area contributed by atoms with Gasteiger partial charge < -0.3 is 4.74 Å². The Morgan fingerprint density at radius 2 is 1.00 bits per heavy atom. The highest BCUT2D eigenvalue weighted by molar-refractivity contribution is 7.95. The first-order valence-electron chi connectivity index (χ1n) is 8.50. The second-order valence-corrected chi connectivity index (χ2v) is 9.28. The van der Waals surface area contributed by atoms with Crippen LogP contribution in [0.4, 0.5) is 0 Å². The molecule has 0 radical (unpaired) electrons. The summed E-state index contributed by atoms with van der Waals surface area (Å²) in [4.78, 5) is 0. The average Bonchev–Trinajstić information content (AvgIpc) is 2.68. The summed E-state index contributed by atoms with van der Waals surface area (Å²) in [6.45, 7) is 2.96. The maximum absolute atomic E-state index is 6.16. The van der Waals surface area contributed by atoms with Crippen LogP contribution < -0.4 is 15.9 Å². The van der Waals surface area contributed by atoms with Crippen LogP contribution in [0.5, 0.6) is 0 Å². The van der Waals surface area contributed by atoms with Crippen LogP contribution in [0.25, 0.3) is 0 Å². The van der Waals surface area contributed by atoms with Gasteiger partial charge >= 0.3 is 0 Å². The van der Waals surface area contributed by atoms with Gasteiger partial charge in [-0.3, -0.25) is 0 Å². The summed E-state index contributed by atoms with van der Waals surface area (Å²) in [5.41, 5.74) is 0. The lowest BCUT2D eigenvalue weighted by Gasteiger charge is -2.27. The number of rotatable bonds is 7. The molecule has 2 heteroatoms. The van der Waals surface area contributed by atoms with Crippen molar-refractivity contribution in [2.75, 3.05) is 13.0 Å². The highest BCUT2D eigenvalue weighted by atomic mass is 31.2. The van der Waals surface area contributed by atoms with E-state index in [4.69, 9.17) is 4.74 Å². The molecule has 122 valence electrons. The monoisotopic (exact) mass is 335 g/mol. The van der Waals surface area contributed by atoms with E-state index in [0.29, 0.717) is 0 Å². The summed E-state index contributed by atoms with van der Waals surface area (Å²) in [6.07, 6.45) is 1.79. The van der Waals surface area contributed by atoms with E-state index in [-0.39, 0.29) is 0 Å². The van der Waals surface area contributed by atoms with Crippen molar-refractivity contribution in [1.29, 1.82) is 0 Å². The predicted octanol–water partition coefficient (Wildman–Crippen LogP) is 4.36. The molecular formula is C22H24OP+.